The summed E-state index contributed by atoms with van der Waals surface area (Å²) >= 11 is 1.91. The van der Waals surface area contributed by atoms with Gasteiger partial charge >= 0.3 is 0 Å². The highest BCUT2D eigenvalue weighted by Gasteiger charge is 2.22. The molecule has 0 saturated carbocycles. The van der Waals surface area contributed by atoms with Crippen LogP contribution < -0.4 is 5.73 Å². The molecule has 1 aromatic carbocycles. The van der Waals surface area contributed by atoms with Crippen molar-refractivity contribution in [2.45, 2.75) is 118 Å². The first-order valence-corrected chi connectivity index (χ1v) is 16.6. The second-order valence-corrected chi connectivity index (χ2v) is 12.4. The molecule has 4 N–H and O–H groups in total. The number of hydrogen-bond acceptors (Lipinski definition) is 8. The molecule has 0 aliphatic carbocycles. The number of ether oxygens (including phenoxy) is 1. The molecule has 1 fully saturated rings. The van der Waals surface area contributed by atoms with Crippen molar-refractivity contribution < 1.29 is 23.9 Å². The van der Waals surface area contributed by atoms with Gasteiger partial charge in [0.1, 0.15) is 5.83 Å². The standard InChI is InChI=1S/C17H21NO2S.C15H25FN2.C3H8O2/c1-12-8-9-15(19-12)10-21-11-16-13(2)18-20-17(16)14-6-4-3-5-7-14;1-6-9-10-13(16)14(12(5)18-8-3)15(17)11(4)7-2;1-3(2,4)5/h3-7,12,15H,8-11H2,1-2H3;8,10H,6-7,9,17H2,1-5H3;4-5H,1-2H3/b;13-10+,14-12-,15-11-,18-8?;. The summed E-state index contributed by atoms with van der Waals surface area (Å²) in [6.45, 7) is 16.3. The smallest absolute Gasteiger partial charge is 0.171 e. The molecule has 1 aliphatic rings. The largest absolute Gasteiger partial charge is 0.398 e. The average Bonchev–Trinajstić information content (AvgIpc) is 3.56. The van der Waals surface area contributed by atoms with Crippen LogP contribution in [0.25, 0.3) is 11.3 Å². The summed E-state index contributed by atoms with van der Waals surface area (Å²) < 4.78 is 25.6. The van der Waals surface area contributed by atoms with Gasteiger partial charge in [-0.25, -0.2) is 4.39 Å². The Kier molecular flexibility index (Phi) is 18.2. The number of thioether (sulfide) groups is 1. The molecule has 2 atom stereocenters. The SMILES string of the molecule is CC(C)(O)O.CC=N/C(C)=C(C(\N)=C(/C)CC)/C(F)=C\CCC.Cc1noc(-c2ccccc2)c1CSCC1CCC(C)O1. The van der Waals surface area contributed by atoms with Crippen LogP contribution in [0.5, 0.6) is 0 Å². The van der Waals surface area contributed by atoms with Crippen molar-refractivity contribution in [1.82, 2.24) is 5.16 Å². The lowest BCUT2D eigenvalue weighted by Gasteiger charge is -2.11. The Morgan fingerprint density at radius 1 is 1.18 bits per heavy atom. The van der Waals surface area contributed by atoms with Gasteiger partial charge in [-0.2, -0.15) is 11.8 Å². The minimum absolute atomic E-state index is 0.273. The molecule has 0 radical (unpaired) electrons. The van der Waals surface area contributed by atoms with Crippen LogP contribution in [0.1, 0.15) is 98.8 Å². The topological polar surface area (TPSA) is 114 Å². The monoisotopic (exact) mass is 631 g/mol. The van der Waals surface area contributed by atoms with Crippen LogP contribution in [0.15, 0.2) is 74.3 Å². The van der Waals surface area contributed by atoms with E-state index in [1.54, 1.807) is 26.1 Å². The molecule has 2 heterocycles. The van der Waals surface area contributed by atoms with E-state index in [1.807, 2.05) is 57.7 Å². The van der Waals surface area contributed by atoms with Gasteiger partial charge in [0, 0.05) is 40.2 Å². The van der Waals surface area contributed by atoms with E-state index in [4.69, 9.17) is 25.2 Å². The van der Waals surface area contributed by atoms with Crippen LogP contribution in [0.4, 0.5) is 4.39 Å². The molecule has 3 rings (SSSR count). The summed E-state index contributed by atoms with van der Waals surface area (Å²) in [5, 5.41) is 20.3. The highest BCUT2D eigenvalue weighted by Crippen LogP contribution is 2.31. The minimum atomic E-state index is -1.50. The van der Waals surface area contributed by atoms with E-state index >= 15 is 0 Å². The third-order valence-electron chi connectivity index (χ3n) is 6.69. The normalized spacial score (nSPS) is 18.2. The van der Waals surface area contributed by atoms with E-state index in [2.05, 4.69) is 29.2 Å². The third kappa shape index (κ3) is 14.8. The predicted octanol–water partition coefficient (Wildman–Crippen LogP) is 8.81. The molecule has 44 heavy (non-hydrogen) atoms. The maximum atomic E-state index is 14.2. The zero-order chi connectivity index (χ0) is 33.3. The fraction of sp³-hybridized carbons (Fsp3) is 0.543. The van der Waals surface area contributed by atoms with E-state index in [9.17, 15) is 4.39 Å². The number of halogens is 1. The summed E-state index contributed by atoms with van der Waals surface area (Å²) in [7, 11) is 0. The zero-order valence-electron chi connectivity index (χ0n) is 28.1. The Balaban J connectivity index is 0.000000386. The first-order chi connectivity index (χ1) is 20.7. The van der Waals surface area contributed by atoms with Gasteiger partial charge in [0.15, 0.2) is 11.5 Å². The number of hydrogen-bond donors (Lipinski definition) is 3. The van der Waals surface area contributed by atoms with Crippen LogP contribution in [-0.4, -0.2) is 45.3 Å². The van der Waals surface area contributed by atoms with E-state index in [1.165, 1.54) is 32.3 Å². The molecule has 246 valence electrons. The van der Waals surface area contributed by atoms with Crippen molar-refractivity contribution in [2.24, 2.45) is 10.7 Å². The summed E-state index contributed by atoms with van der Waals surface area (Å²) in [5.74, 6) is 1.10. The molecule has 0 bridgehead atoms. The second-order valence-electron chi connectivity index (χ2n) is 11.3. The summed E-state index contributed by atoms with van der Waals surface area (Å²) in [5.41, 5.74) is 11.9. The molecule has 2 unspecified atom stereocenters. The average molecular weight is 632 g/mol. The van der Waals surface area contributed by atoms with Crippen LogP contribution in [-0.2, 0) is 10.5 Å². The van der Waals surface area contributed by atoms with Crippen molar-refractivity contribution in [1.29, 1.82) is 0 Å². The van der Waals surface area contributed by atoms with Crippen molar-refractivity contribution >= 4 is 18.0 Å². The quantitative estimate of drug-likeness (QED) is 0.129. The molecular weight excluding hydrogens is 577 g/mol. The zero-order valence-corrected chi connectivity index (χ0v) is 28.9. The van der Waals surface area contributed by atoms with Gasteiger partial charge in [-0.1, -0.05) is 55.8 Å². The first kappa shape index (κ1) is 39.3. The van der Waals surface area contributed by atoms with Gasteiger partial charge in [0.05, 0.1) is 23.5 Å². The summed E-state index contributed by atoms with van der Waals surface area (Å²) in [4.78, 5) is 4.15. The van der Waals surface area contributed by atoms with Crippen LogP contribution in [0.2, 0.25) is 0 Å². The number of aliphatic hydroxyl groups is 2. The maximum Gasteiger partial charge on any atom is 0.171 e. The molecule has 1 aliphatic heterocycles. The number of aryl methyl sites for hydroxylation is 1. The van der Waals surface area contributed by atoms with E-state index in [-0.39, 0.29) is 5.83 Å². The molecule has 0 spiro atoms. The molecule has 7 nitrogen and oxygen atoms in total. The Labute approximate surface area is 268 Å². The predicted molar refractivity (Wildman–Crippen MR) is 183 cm³/mol. The van der Waals surface area contributed by atoms with Crippen molar-refractivity contribution in [3.8, 4) is 11.3 Å². The van der Waals surface area contributed by atoms with Gasteiger partial charge in [-0.15, -0.1) is 0 Å². The van der Waals surface area contributed by atoms with Gasteiger partial charge in [-0.05, 0) is 85.8 Å². The third-order valence-corrected chi connectivity index (χ3v) is 7.79. The Morgan fingerprint density at radius 2 is 1.82 bits per heavy atom. The fourth-order valence-electron chi connectivity index (χ4n) is 4.21. The van der Waals surface area contributed by atoms with Crippen LogP contribution in [0.3, 0.4) is 0 Å². The first-order valence-electron chi connectivity index (χ1n) is 15.4. The second kappa shape index (κ2) is 20.3. The van der Waals surface area contributed by atoms with Crippen LogP contribution >= 0.6 is 11.8 Å². The number of rotatable bonds is 11. The lowest BCUT2D eigenvalue weighted by Crippen LogP contribution is -2.15. The molecule has 2 aromatic rings. The van der Waals surface area contributed by atoms with E-state index < -0.39 is 5.79 Å². The molecular formula is C35H54FN3O4S. The molecule has 9 heteroatoms. The van der Waals surface area contributed by atoms with Gasteiger partial charge in [0.2, 0.25) is 0 Å². The Bertz CT molecular complexity index is 1240. The Hall–Kier alpha value is -2.72. The van der Waals surface area contributed by atoms with Gasteiger partial charge < -0.3 is 25.2 Å². The highest BCUT2D eigenvalue weighted by molar-refractivity contribution is 7.98. The van der Waals surface area contributed by atoms with E-state index in [0.717, 1.165) is 46.9 Å². The number of allylic oxidation sites excluding steroid dienone is 4. The lowest BCUT2D eigenvalue weighted by molar-refractivity contribution is -0.127. The Morgan fingerprint density at radius 3 is 2.34 bits per heavy atom. The lowest BCUT2D eigenvalue weighted by atomic mass is 10.0. The summed E-state index contributed by atoms with van der Waals surface area (Å²) in [6.07, 6.45) is 8.85. The molecule has 1 aromatic heterocycles. The number of unbranched alkanes of at least 4 members (excludes halogenated alkanes) is 1. The molecule has 1 saturated heterocycles. The number of nitrogens with zero attached hydrogens (tertiary/aromatic N) is 2. The number of benzene rings is 1. The van der Waals surface area contributed by atoms with Gasteiger partial charge in [0.25, 0.3) is 0 Å². The number of aromatic nitrogens is 1. The van der Waals surface area contributed by atoms with E-state index in [0.29, 0.717) is 35.6 Å². The summed E-state index contributed by atoms with van der Waals surface area (Å²) in [6, 6.07) is 10.2. The fourth-order valence-corrected chi connectivity index (χ4v) is 5.38. The highest BCUT2D eigenvalue weighted by atomic mass is 32.2. The van der Waals surface area contributed by atoms with Crippen molar-refractivity contribution in [2.75, 3.05) is 5.75 Å². The maximum absolute atomic E-state index is 14.2. The van der Waals surface area contributed by atoms with Crippen molar-refractivity contribution in [3.63, 3.8) is 0 Å². The van der Waals surface area contributed by atoms with Crippen molar-refractivity contribution in [3.05, 3.63) is 76.0 Å². The number of aliphatic imine (C=N–C) groups is 1. The van der Waals surface area contributed by atoms with Gasteiger partial charge in [-0.3, -0.25) is 4.99 Å². The van der Waals surface area contributed by atoms with Crippen LogP contribution in [0, 0.1) is 6.92 Å². The number of nitrogens with two attached hydrogens (primary N) is 1. The minimum Gasteiger partial charge on any atom is -0.398 e. The molecule has 0 amide bonds.